The lowest BCUT2D eigenvalue weighted by molar-refractivity contribution is 0.0730. The molecule has 7 heteroatoms. The molecule has 23 heavy (non-hydrogen) atoms. The molecule has 0 spiro atoms. The molecule has 1 heterocycles. The summed E-state index contributed by atoms with van der Waals surface area (Å²) in [4.78, 5) is 12.3. The van der Waals surface area contributed by atoms with Crippen LogP contribution in [0.25, 0.3) is 0 Å². The Morgan fingerprint density at radius 1 is 1.13 bits per heavy atom. The van der Waals surface area contributed by atoms with E-state index in [4.69, 9.17) is 4.74 Å². The number of morpholine rings is 1. The van der Waals surface area contributed by atoms with Gasteiger partial charge in [-0.1, -0.05) is 13.8 Å². The summed E-state index contributed by atoms with van der Waals surface area (Å²) in [5.74, 6) is 0.140. The third kappa shape index (κ3) is 4.31. The van der Waals surface area contributed by atoms with Crippen LogP contribution in [-0.2, 0) is 14.8 Å². The predicted octanol–water partition coefficient (Wildman–Crippen LogP) is 1.48. The molecular formula is C16H24N2O4S. The van der Waals surface area contributed by atoms with E-state index >= 15 is 0 Å². The summed E-state index contributed by atoms with van der Waals surface area (Å²) in [7, 11) is -3.52. The van der Waals surface area contributed by atoms with E-state index < -0.39 is 10.0 Å². The first-order valence-corrected chi connectivity index (χ1v) is 9.25. The lowest BCUT2D eigenvalue weighted by atomic mass is 10.1. The van der Waals surface area contributed by atoms with E-state index in [1.807, 2.05) is 20.8 Å². The summed E-state index contributed by atoms with van der Waals surface area (Å²) in [6.45, 7) is 7.54. The highest BCUT2D eigenvalue weighted by Gasteiger charge is 2.26. The first-order chi connectivity index (χ1) is 10.8. The summed E-state index contributed by atoms with van der Waals surface area (Å²) < 4.78 is 31.6. The Morgan fingerprint density at radius 2 is 1.70 bits per heavy atom. The van der Waals surface area contributed by atoms with E-state index in [-0.39, 0.29) is 16.8 Å². The third-order valence-corrected chi connectivity index (χ3v) is 6.00. The number of rotatable bonds is 5. The maximum atomic E-state index is 12.5. The smallest absolute Gasteiger partial charge is 0.251 e. The van der Waals surface area contributed by atoms with E-state index in [0.717, 1.165) is 0 Å². The molecule has 1 aliphatic rings. The molecule has 1 fully saturated rings. The molecule has 6 nitrogen and oxygen atoms in total. The minimum Gasteiger partial charge on any atom is -0.379 e. The molecule has 1 aliphatic heterocycles. The molecule has 1 aromatic rings. The molecule has 1 saturated heterocycles. The van der Waals surface area contributed by atoms with Crippen LogP contribution in [0.4, 0.5) is 0 Å². The number of carbonyl (C=O) groups is 1. The van der Waals surface area contributed by atoms with E-state index in [0.29, 0.717) is 37.8 Å². The summed E-state index contributed by atoms with van der Waals surface area (Å²) in [5, 5.41) is 2.90. The number of hydrogen-bond acceptors (Lipinski definition) is 4. The van der Waals surface area contributed by atoms with Gasteiger partial charge in [0.1, 0.15) is 0 Å². The number of hydrogen-bond donors (Lipinski definition) is 1. The van der Waals surface area contributed by atoms with Crippen LogP contribution in [0.3, 0.4) is 0 Å². The highest BCUT2D eigenvalue weighted by Crippen LogP contribution is 2.18. The highest BCUT2D eigenvalue weighted by atomic mass is 32.2. The molecule has 0 unspecified atom stereocenters. The zero-order valence-electron chi connectivity index (χ0n) is 13.8. The Labute approximate surface area is 137 Å². The molecule has 1 amide bonds. The molecule has 0 saturated carbocycles. The lowest BCUT2D eigenvalue weighted by Gasteiger charge is -2.26. The number of benzene rings is 1. The van der Waals surface area contributed by atoms with Crippen LogP contribution >= 0.6 is 0 Å². The zero-order chi connectivity index (χ0) is 17.0. The number of sulfonamides is 1. The number of nitrogens with zero attached hydrogens (tertiary/aromatic N) is 1. The van der Waals surface area contributed by atoms with Gasteiger partial charge in [0.05, 0.1) is 18.1 Å². The lowest BCUT2D eigenvalue weighted by Crippen LogP contribution is -2.40. The predicted molar refractivity (Wildman–Crippen MR) is 87.8 cm³/mol. The number of carbonyl (C=O) groups excluding carboxylic acids is 1. The molecule has 0 aromatic heterocycles. The van der Waals surface area contributed by atoms with Gasteiger partial charge < -0.3 is 10.1 Å². The van der Waals surface area contributed by atoms with Crippen molar-refractivity contribution < 1.29 is 17.9 Å². The van der Waals surface area contributed by atoms with Gasteiger partial charge in [-0.3, -0.25) is 4.79 Å². The van der Waals surface area contributed by atoms with Crippen molar-refractivity contribution in [3.8, 4) is 0 Å². The van der Waals surface area contributed by atoms with E-state index in [2.05, 4.69) is 5.32 Å². The monoisotopic (exact) mass is 340 g/mol. The van der Waals surface area contributed by atoms with Gasteiger partial charge in [-0.25, -0.2) is 8.42 Å². The molecule has 0 aliphatic carbocycles. The minimum atomic E-state index is -3.52. The quantitative estimate of drug-likeness (QED) is 0.881. The van der Waals surface area contributed by atoms with Crippen LogP contribution in [0, 0.1) is 5.92 Å². The average Bonchev–Trinajstić information content (AvgIpc) is 2.55. The van der Waals surface area contributed by atoms with Crippen molar-refractivity contribution >= 4 is 15.9 Å². The highest BCUT2D eigenvalue weighted by molar-refractivity contribution is 7.89. The summed E-state index contributed by atoms with van der Waals surface area (Å²) in [6, 6.07) is 6.13. The Balaban J connectivity index is 2.11. The van der Waals surface area contributed by atoms with Gasteiger partial charge in [-0.05, 0) is 37.1 Å². The molecule has 1 N–H and O–H groups in total. The standard InChI is InChI=1S/C16H24N2O4S/c1-12(2)13(3)17-16(19)14-4-6-15(7-5-14)23(20,21)18-8-10-22-11-9-18/h4-7,12-13H,8-11H2,1-3H3,(H,17,19)/t13-/m0/s1. The van der Waals surface area contributed by atoms with Crippen molar-refractivity contribution in [3.05, 3.63) is 29.8 Å². The van der Waals surface area contributed by atoms with Gasteiger partial charge in [0, 0.05) is 24.7 Å². The zero-order valence-corrected chi connectivity index (χ0v) is 14.6. The molecule has 2 rings (SSSR count). The Kier molecular flexibility index (Phi) is 5.78. The van der Waals surface area contributed by atoms with Crippen molar-refractivity contribution in [2.24, 2.45) is 5.92 Å². The van der Waals surface area contributed by atoms with E-state index in [9.17, 15) is 13.2 Å². The molecule has 0 radical (unpaired) electrons. The fraction of sp³-hybridized carbons (Fsp3) is 0.562. The normalized spacial score (nSPS) is 17.9. The van der Waals surface area contributed by atoms with E-state index in [1.54, 1.807) is 12.1 Å². The second kappa shape index (κ2) is 7.42. The molecule has 0 bridgehead atoms. The second-order valence-electron chi connectivity index (χ2n) is 6.05. The SMILES string of the molecule is CC(C)[C@H](C)NC(=O)c1ccc(S(=O)(=O)N2CCOCC2)cc1. The van der Waals surface area contributed by atoms with Gasteiger partial charge in [-0.2, -0.15) is 4.31 Å². The maximum Gasteiger partial charge on any atom is 0.251 e. The first-order valence-electron chi connectivity index (χ1n) is 7.81. The molecule has 1 atom stereocenters. The average molecular weight is 340 g/mol. The molecular weight excluding hydrogens is 316 g/mol. The largest absolute Gasteiger partial charge is 0.379 e. The minimum absolute atomic E-state index is 0.0549. The van der Waals surface area contributed by atoms with Crippen LogP contribution in [0.1, 0.15) is 31.1 Å². The summed E-state index contributed by atoms with van der Waals surface area (Å²) >= 11 is 0. The maximum absolute atomic E-state index is 12.5. The van der Waals surface area contributed by atoms with Crippen LogP contribution in [0.5, 0.6) is 0 Å². The Morgan fingerprint density at radius 3 is 2.22 bits per heavy atom. The first kappa shape index (κ1) is 17.9. The number of amides is 1. The van der Waals surface area contributed by atoms with Crippen LogP contribution in [0.15, 0.2) is 29.2 Å². The summed E-state index contributed by atoms with van der Waals surface area (Å²) in [6.07, 6.45) is 0. The molecule has 1 aromatic carbocycles. The van der Waals surface area contributed by atoms with Crippen molar-refractivity contribution in [3.63, 3.8) is 0 Å². The number of ether oxygens (including phenoxy) is 1. The van der Waals surface area contributed by atoms with E-state index in [1.165, 1.54) is 16.4 Å². The van der Waals surface area contributed by atoms with Gasteiger partial charge in [0.25, 0.3) is 5.91 Å². The molecule has 128 valence electrons. The fourth-order valence-electron chi connectivity index (χ4n) is 2.17. The van der Waals surface area contributed by atoms with Crippen molar-refractivity contribution in [1.82, 2.24) is 9.62 Å². The fourth-order valence-corrected chi connectivity index (χ4v) is 3.58. The Bertz CT molecular complexity index is 635. The number of nitrogens with one attached hydrogen (secondary N) is 1. The van der Waals surface area contributed by atoms with Crippen molar-refractivity contribution in [2.75, 3.05) is 26.3 Å². The van der Waals surface area contributed by atoms with Crippen LogP contribution in [-0.4, -0.2) is 51.0 Å². The Hall–Kier alpha value is -1.44. The van der Waals surface area contributed by atoms with Gasteiger partial charge >= 0.3 is 0 Å². The topological polar surface area (TPSA) is 75.7 Å². The van der Waals surface area contributed by atoms with Gasteiger partial charge in [0.2, 0.25) is 10.0 Å². The van der Waals surface area contributed by atoms with Crippen LogP contribution < -0.4 is 5.32 Å². The second-order valence-corrected chi connectivity index (χ2v) is 7.98. The third-order valence-electron chi connectivity index (χ3n) is 4.08. The van der Waals surface area contributed by atoms with Gasteiger partial charge in [0.15, 0.2) is 0 Å². The van der Waals surface area contributed by atoms with Crippen molar-refractivity contribution in [1.29, 1.82) is 0 Å². The van der Waals surface area contributed by atoms with Crippen molar-refractivity contribution in [2.45, 2.75) is 31.7 Å². The van der Waals surface area contributed by atoms with Crippen LogP contribution in [0.2, 0.25) is 0 Å². The summed E-state index contributed by atoms with van der Waals surface area (Å²) in [5.41, 5.74) is 0.457. The van der Waals surface area contributed by atoms with Gasteiger partial charge in [-0.15, -0.1) is 0 Å².